The molecule has 0 saturated carbocycles. The summed E-state index contributed by atoms with van der Waals surface area (Å²) in [6.07, 6.45) is -0.0677. The van der Waals surface area contributed by atoms with E-state index >= 15 is 0 Å². The second kappa shape index (κ2) is 5.17. The highest BCUT2D eigenvalue weighted by atomic mass is 16.2. The number of nitrogens with zero attached hydrogens (tertiary/aromatic N) is 2. The normalized spacial score (nSPS) is 15.0. The van der Waals surface area contributed by atoms with Gasteiger partial charge in [-0.05, 0) is 17.7 Å². The zero-order valence-corrected chi connectivity index (χ0v) is 10.9. The Bertz CT molecular complexity index is 625. The molecule has 0 atom stereocenters. The van der Waals surface area contributed by atoms with Crippen LogP contribution in [0.5, 0.6) is 0 Å². The third kappa shape index (κ3) is 2.28. The molecule has 0 aliphatic carbocycles. The average molecular weight is 266 g/mol. The molecule has 1 saturated heterocycles. The van der Waals surface area contributed by atoms with Crippen LogP contribution >= 0.6 is 0 Å². The first-order chi connectivity index (χ1) is 9.75. The maximum Gasteiger partial charge on any atom is 0.255 e. The number of benzene rings is 2. The van der Waals surface area contributed by atoms with Gasteiger partial charge in [-0.25, -0.2) is 10.0 Å². The Balaban J connectivity index is 1.91. The molecule has 2 aromatic rings. The first-order valence-electron chi connectivity index (χ1n) is 6.48. The number of amides is 2. The van der Waals surface area contributed by atoms with E-state index in [1.54, 1.807) is 0 Å². The van der Waals surface area contributed by atoms with Crippen LogP contribution in [0.4, 0.5) is 5.69 Å². The number of carbonyl (C=O) groups excluding carboxylic acids is 2. The van der Waals surface area contributed by atoms with Gasteiger partial charge in [0.05, 0.1) is 12.2 Å². The van der Waals surface area contributed by atoms with E-state index in [-0.39, 0.29) is 18.2 Å². The zero-order valence-electron chi connectivity index (χ0n) is 10.9. The Morgan fingerprint density at radius 1 is 0.800 bits per heavy atom. The molecule has 2 aromatic carbocycles. The van der Waals surface area contributed by atoms with Gasteiger partial charge in [-0.2, -0.15) is 0 Å². The molecule has 0 bridgehead atoms. The lowest BCUT2D eigenvalue weighted by Gasteiger charge is -2.27. The minimum Gasteiger partial charge on any atom is -0.272 e. The first kappa shape index (κ1) is 12.4. The summed E-state index contributed by atoms with van der Waals surface area (Å²) in [5.74, 6) is -0.347. The van der Waals surface area contributed by atoms with Crippen molar-refractivity contribution in [3.05, 3.63) is 66.2 Å². The molecule has 4 nitrogen and oxygen atoms in total. The number of hydrazine groups is 1. The van der Waals surface area contributed by atoms with Gasteiger partial charge in [0, 0.05) is 0 Å². The fourth-order valence-electron chi connectivity index (χ4n) is 2.31. The number of carbonyl (C=O) groups is 2. The molecule has 0 radical (unpaired) electrons. The molecule has 0 N–H and O–H groups in total. The van der Waals surface area contributed by atoms with Gasteiger partial charge in [-0.1, -0.05) is 48.5 Å². The maximum absolute atomic E-state index is 12.0. The molecular formula is C16H14N2O2. The summed E-state index contributed by atoms with van der Waals surface area (Å²) in [6, 6.07) is 18.9. The molecule has 1 aliphatic heterocycles. The molecule has 0 unspecified atom stereocenters. The number of rotatable bonds is 3. The van der Waals surface area contributed by atoms with Gasteiger partial charge in [-0.15, -0.1) is 0 Å². The lowest BCUT2D eigenvalue weighted by molar-refractivity contribution is -0.128. The SMILES string of the molecule is O=C1CC(=O)N(c2ccccc2)N1Cc1ccccc1. The monoisotopic (exact) mass is 266 g/mol. The van der Waals surface area contributed by atoms with Crippen LogP contribution < -0.4 is 5.01 Å². The van der Waals surface area contributed by atoms with E-state index in [0.717, 1.165) is 11.3 Å². The van der Waals surface area contributed by atoms with Crippen molar-refractivity contribution in [2.24, 2.45) is 0 Å². The van der Waals surface area contributed by atoms with Crippen molar-refractivity contribution in [3.8, 4) is 0 Å². The van der Waals surface area contributed by atoms with Crippen molar-refractivity contribution in [3.63, 3.8) is 0 Å². The minimum absolute atomic E-state index is 0.0677. The highest BCUT2D eigenvalue weighted by Crippen LogP contribution is 2.24. The molecular weight excluding hydrogens is 252 g/mol. The number of hydrogen-bond acceptors (Lipinski definition) is 2. The van der Waals surface area contributed by atoms with Gasteiger partial charge in [-0.3, -0.25) is 9.59 Å². The van der Waals surface area contributed by atoms with Crippen LogP contribution in [-0.2, 0) is 16.1 Å². The standard InChI is InChI=1S/C16H14N2O2/c19-15-11-16(20)18(14-9-5-2-6-10-14)17(15)12-13-7-3-1-4-8-13/h1-10H,11-12H2. The third-order valence-corrected chi connectivity index (χ3v) is 3.24. The summed E-state index contributed by atoms with van der Waals surface area (Å²) < 4.78 is 0. The van der Waals surface area contributed by atoms with Crippen LogP contribution in [0.3, 0.4) is 0 Å². The predicted octanol–water partition coefficient (Wildman–Crippen LogP) is 2.37. The Hall–Kier alpha value is -2.62. The molecule has 20 heavy (non-hydrogen) atoms. The van der Waals surface area contributed by atoms with Gasteiger partial charge in [0.1, 0.15) is 6.42 Å². The van der Waals surface area contributed by atoms with Gasteiger partial charge < -0.3 is 0 Å². The predicted molar refractivity (Wildman–Crippen MR) is 75.5 cm³/mol. The topological polar surface area (TPSA) is 40.6 Å². The van der Waals surface area contributed by atoms with Crippen molar-refractivity contribution >= 4 is 17.5 Å². The Morgan fingerprint density at radius 2 is 1.40 bits per heavy atom. The number of para-hydroxylation sites is 1. The molecule has 100 valence electrons. The van der Waals surface area contributed by atoms with Crippen molar-refractivity contribution in [1.82, 2.24) is 5.01 Å². The van der Waals surface area contributed by atoms with E-state index in [1.165, 1.54) is 10.0 Å². The maximum atomic E-state index is 12.0. The Morgan fingerprint density at radius 3 is 2.05 bits per heavy atom. The van der Waals surface area contributed by atoms with Crippen LogP contribution in [0.1, 0.15) is 12.0 Å². The molecule has 0 aromatic heterocycles. The Kier molecular flexibility index (Phi) is 3.21. The highest BCUT2D eigenvalue weighted by molar-refractivity contribution is 6.11. The summed E-state index contributed by atoms with van der Waals surface area (Å²) in [4.78, 5) is 24.1. The number of anilines is 1. The van der Waals surface area contributed by atoms with Crippen molar-refractivity contribution < 1.29 is 9.59 Å². The van der Waals surface area contributed by atoms with E-state index in [9.17, 15) is 9.59 Å². The molecule has 1 fully saturated rings. The van der Waals surface area contributed by atoms with Gasteiger partial charge in [0.25, 0.3) is 11.8 Å². The van der Waals surface area contributed by atoms with Crippen LogP contribution in [0.2, 0.25) is 0 Å². The fraction of sp³-hybridized carbons (Fsp3) is 0.125. The van der Waals surface area contributed by atoms with E-state index in [0.29, 0.717) is 6.54 Å². The summed E-state index contributed by atoms with van der Waals surface area (Å²) in [6.45, 7) is 0.403. The molecule has 1 heterocycles. The quantitative estimate of drug-likeness (QED) is 0.800. The Labute approximate surface area is 117 Å². The molecule has 1 aliphatic rings. The van der Waals surface area contributed by atoms with E-state index in [1.807, 2.05) is 60.7 Å². The van der Waals surface area contributed by atoms with E-state index in [2.05, 4.69) is 0 Å². The van der Waals surface area contributed by atoms with Gasteiger partial charge >= 0.3 is 0 Å². The molecule has 3 rings (SSSR count). The van der Waals surface area contributed by atoms with Crippen LogP contribution in [0.25, 0.3) is 0 Å². The van der Waals surface area contributed by atoms with Crippen LogP contribution in [0, 0.1) is 0 Å². The van der Waals surface area contributed by atoms with Crippen LogP contribution in [-0.4, -0.2) is 16.8 Å². The number of hydrogen-bond donors (Lipinski definition) is 0. The van der Waals surface area contributed by atoms with Crippen LogP contribution in [0.15, 0.2) is 60.7 Å². The van der Waals surface area contributed by atoms with Crippen molar-refractivity contribution in [2.75, 3.05) is 5.01 Å². The summed E-state index contributed by atoms with van der Waals surface area (Å²) in [7, 11) is 0. The lowest BCUT2D eigenvalue weighted by atomic mass is 10.2. The second-order valence-electron chi connectivity index (χ2n) is 4.65. The minimum atomic E-state index is -0.183. The van der Waals surface area contributed by atoms with E-state index in [4.69, 9.17) is 0 Å². The summed E-state index contributed by atoms with van der Waals surface area (Å²) >= 11 is 0. The largest absolute Gasteiger partial charge is 0.272 e. The average Bonchev–Trinajstić information content (AvgIpc) is 2.75. The van der Waals surface area contributed by atoms with Crippen molar-refractivity contribution in [2.45, 2.75) is 13.0 Å². The summed E-state index contributed by atoms with van der Waals surface area (Å²) in [5.41, 5.74) is 1.72. The fourth-order valence-corrected chi connectivity index (χ4v) is 2.31. The molecule has 2 amide bonds. The smallest absolute Gasteiger partial charge is 0.255 e. The van der Waals surface area contributed by atoms with Gasteiger partial charge in [0.15, 0.2) is 0 Å². The van der Waals surface area contributed by atoms with E-state index < -0.39 is 0 Å². The first-order valence-corrected chi connectivity index (χ1v) is 6.48. The molecule has 4 heteroatoms. The third-order valence-electron chi connectivity index (χ3n) is 3.24. The molecule has 0 spiro atoms. The summed E-state index contributed by atoms with van der Waals surface area (Å²) in [5, 5.41) is 2.97. The second-order valence-corrected chi connectivity index (χ2v) is 4.65. The lowest BCUT2D eigenvalue weighted by Crippen LogP contribution is -2.40. The zero-order chi connectivity index (χ0) is 13.9. The van der Waals surface area contributed by atoms with Gasteiger partial charge in [0.2, 0.25) is 0 Å². The highest BCUT2D eigenvalue weighted by Gasteiger charge is 2.36. The van der Waals surface area contributed by atoms with Crippen molar-refractivity contribution in [1.29, 1.82) is 0 Å².